The fourth-order valence-electron chi connectivity index (χ4n) is 4.66. The molecule has 2 aliphatic rings. The van der Waals surface area contributed by atoms with Crippen molar-refractivity contribution < 1.29 is 9.90 Å². The number of hydrogen-bond acceptors (Lipinski definition) is 1. The maximum atomic E-state index is 10.7. The largest absolute Gasteiger partial charge is 0.478 e. The highest BCUT2D eigenvalue weighted by atomic mass is 16.4. The number of fused-ring (bicyclic) bond motifs is 2. The zero-order chi connectivity index (χ0) is 19.1. The van der Waals surface area contributed by atoms with Crippen molar-refractivity contribution >= 4 is 5.97 Å². The molecule has 0 saturated heterocycles. The Morgan fingerprint density at radius 3 is 2.38 bits per heavy atom. The van der Waals surface area contributed by atoms with Crippen LogP contribution in [0.3, 0.4) is 0 Å². The minimum atomic E-state index is -0.880. The van der Waals surface area contributed by atoms with E-state index in [1.165, 1.54) is 42.9 Å². The summed E-state index contributed by atoms with van der Waals surface area (Å²) >= 11 is 0. The summed E-state index contributed by atoms with van der Waals surface area (Å²) in [6.45, 7) is 11.4. The Morgan fingerprint density at radius 1 is 1.15 bits per heavy atom. The first-order valence-corrected chi connectivity index (χ1v) is 9.86. The van der Waals surface area contributed by atoms with Gasteiger partial charge in [0.15, 0.2) is 0 Å². The molecule has 1 unspecified atom stereocenters. The predicted octanol–water partition coefficient (Wildman–Crippen LogP) is 6.04. The summed E-state index contributed by atoms with van der Waals surface area (Å²) in [4.78, 5) is 10.7. The summed E-state index contributed by atoms with van der Waals surface area (Å²) in [6.07, 6.45) is 11.2. The first kappa shape index (κ1) is 18.9. The van der Waals surface area contributed by atoms with Crippen molar-refractivity contribution in [1.29, 1.82) is 0 Å². The normalized spacial score (nSPS) is 23.7. The number of allylic oxidation sites excluding steroid dienone is 3. The topological polar surface area (TPSA) is 37.3 Å². The van der Waals surface area contributed by atoms with Gasteiger partial charge in [-0.25, -0.2) is 4.79 Å². The van der Waals surface area contributed by atoms with Gasteiger partial charge < -0.3 is 5.11 Å². The van der Waals surface area contributed by atoms with Crippen molar-refractivity contribution in [3.63, 3.8) is 0 Å². The van der Waals surface area contributed by atoms with Crippen molar-refractivity contribution in [3.05, 3.63) is 58.2 Å². The average Bonchev–Trinajstić information content (AvgIpc) is 2.93. The number of rotatable bonds is 4. The van der Waals surface area contributed by atoms with Gasteiger partial charge in [-0.15, -0.1) is 0 Å². The third-order valence-electron chi connectivity index (χ3n) is 6.47. The Kier molecular flexibility index (Phi) is 4.90. The molecular weight excluding hydrogens is 320 g/mol. The van der Waals surface area contributed by atoms with Crippen LogP contribution in [0.5, 0.6) is 0 Å². The molecule has 0 aromatic heterocycles. The lowest BCUT2D eigenvalue weighted by Crippen LogP contribution is -2.34. The van der Waals surface area contributed by atoms with Gasteiger partial charge in [0.05, 0.1) is 0 Å². The van der Waals surface area contributed by atoms with E-state index in [1.54, 1.807) is 11.1 Å². The number of aryl methyl sites for hydroxylation is 1. The number of aliphatic carboxylic acids is 1. The SMILES string of the molecule is CC(C=CCC1CCc2cc3c(cc21)C(C)(C)CCC3(C)C)=CC(=O)O. The van der Waals surface area contributed by atoms with Gasteiger partial charge >= 0.3 is 5.97 Å². The van der Waals surface area contributed by atoms with Crippen molar-refractivity contribution in [2.45, 2.75) is 83.5 Å². The van der Waals surface area contributed by atoms with Crippen LogP contribution in [0.4, 0.5) is 0 Å². The molecule has 140 valence electrons. The maximum Gasteiger partial charge on any atom is 0.328 e. The van der Waals surface area contributed by atoms with E-state index < -0.39 is 5.97 Å². The molecule has 0 saturated carbocycles. The van der Waals surface area contributed by atoms with Gasteiger partial charge in [0.1, 0.15) is 0 Å². The van der Waals surface area contributed by atoms with Crippen molar-refractivity contribution in [2.75, 3.05) is 0 Å². The number of carboxylic acid groups (broad SMARTS) is 1. The van der Waals surface area contributed by atoms with Crippen molar-refractivity contribution in [2.24, 2.45) is 0 Å². The molecular formula is C24H32O2. The molecule has 1 N–H and O–H groups in total. The molecule has 0 bridgehead atoms. The summed E-state index contributed by atoms with van der Waals surface area (Å²) in [5.74, 6) is -0.320. The smallest absolute Gasteiger partial charge is 0.328 e. The second-order valence-corrected chi connectivity index (χ2v) is 9.46. The lowest BCUT2D eigenvalue weighted by Gasteiger charge is -2.42. The zero-order valence-electron chi connectivity index (χ0n) is 16.9. The minimum absolute atomic E-state index is 0.254. The molecule has 0 radical (unpaired) electrons. The molecule has 2 heteroatoms. The van der Waals surface area contributed by atoms with Crippen LogP contribution < -0.4 is 0 Å². The van der Waals surface area contributed by atoms with E-state index >= 15 is 0 Å². The van der Waals surface area contributed by atoms with E-state index in [0.29, 0.717) is 5.92 Å². The second-order valence-electron chi connectivity index (χ2n) is 9.46. The average molecular weight is 353 g/mol. The number of benzene rings is 1. The Bertz CT molecular complexity index is 778. The van der Waals surface area contributed by atoms with Crippen molar-refractivity contribution in [3.8, 4) is 0 Å². The fourth-order valence-corrected chi connectivity index (χ4v) is 4.66. The molecule has 0 amide bonds. The number of carboxylic acids is 1. The Hall–Kier alpha value is -1.83. The standard InChI is InChI=1S/C24H32O2/c1-16(13-22(25)26)7-6-8-17-9-10-18-14-20-21(15-19(17)18)24(4,5)12-11-23(20,2)3/h6-7,13-15,17H,8-12H2,1-5H3,(H,25,26). The molecule has 26 heavy (non-hydrogen) atoms. The summed E-state index contributed by atoms with van der Waals surface area (Å²) in [5, 5.41) is 8.82. The summed E-state index contributed by atoms with van der Waals surface area (Å²) in [5.41, 5.74) is 7.49. The van der Waals surface area contributed by atoms with Gasteiger partial charge in [0.25, 0.3) is 0 Å². The molecule has 0 fully saturated rings. The van der Waals surface area contributed by atoms with Gasteiger partial charge in [-0.3, -0.25) is 0 Å². The van der Waals surface area contributed by atoms with Crippen LogP contribution in [0, 0.1) is 0 Å². The minimum Gasteiger partial charge on any atom is -0.478 e. The van der Waals surface area contributed by atoms with Crippen LogP contribution in [-0.4, -0.2) is 11.1 Å². The molecule has 1 aromatic rings. The highest BCUT2D eigenvalue weighted by Gasteiger charge is 2.38. The fraction of sp³-hybridized carbons (Fsp3) is 0.542. The van der Waals surface area contributed by atoms with Crippen LogP contribution in [-0.2, 0) is 22.0 Å². The van der Waals surface area contributed by atoms with E-state index in [0.717, 1.165) is 12.0 Å². The summed E-state index contributed by atoms with van der Waals surface area (Å²) in [6, 6.07) is 5.02. The van der Waals surface area contributed by atoms with Crippen LogP contribution in [0.25, 0.3) is 0 Å². The third kappa shape index (κ3) is 3.65. The molecule has 0 aliphatic heterocycles. The van der Waals surface area contributed by atoms with Crippen LogP contribution in [0.15, 0.2) is 35.9 Å². The molecule has 2 nitrogen and oxygen atoms in total. The van der Waals surface area contributed by atoms with Gasteiger partial charge in [-0.2, -0.15) is 0 Å². The second kappa shape index (κ2) is 6.72. The zero-order valence-corrected chi connectivity index (χ0v) is 16.9. The molecule has 0 heterocycles. The maximum absolute atomic E-state index is 10.7. The van der Waals surface area contributed by atoms with Gasteiger partial charge in [0, 0.05) is 6.08 Å². The van der Waals surface area contributed by atoms with E-state index in [2.05, 4.69) is 45.9 Å². The molecule has 0 spiro atoms. The van der Waals surface area contributed by atoms with E-state index in [4.69, 9.17) is 5.11 Å². The lowest BCUT2D eigenvalue weighted by atomic mass is 9.62. The third-order valence-corrected chi connectivity index (χ3v) is 6.47. The van der Waals surface area contributed by atoms with Gasteiger partial charge in [-0.05, 0) is 83.6 Å². The first-order chi connectivity index (χ1) is 12.1. The van der Waals surface area contributed by atoms with E-state index in [-0.39, 0.29) is 10.8 Å². The van der Waals surface area contributed by atoms with Crippen molar-refractivity contribution in [1.82, 2.24) is 0 Å². The first-order valence-electron chi connectivity index (χ1n) is 9.86. The summed E-state index contributed by atoms with van der Waals surface area (Å²) < 4.78 is 0. The Balaban J connectivity index is 1.88. The number of carbonyl (C=O) groups is 1. The van der Waals surface area contributed by atoms with Crippen LogP contribution in [0.1, 0.15) is 88.5 Å². The molecule has 1 atom stereocenters. The highest BCUT2D eigenvalue weighted by molar-refractivity contribution is 5.81. The van der Waals surface area contributed by atoms with Crippen LogP contribution >= 0.6 is 0 Å². The molecule has 1 aromatic carbocycles. The van der Waals surface area contributed by atoms with Crippen LogP contribution in [0.2, 0.25) is 0 Å². The quantitative estimate of drug-likeness (QED) is 0.529. The lowest BCUT2D eigenvalue weighted by molar-refractivity contribution is -0.131. The van der Waals surface area contributed by atoms with Gasteiger partial charge in [-0.1, -0.05) is 52.0 Å². The van der Waals surface area contributed by atoms with E-state index in [9.17, 15) is 4.79 Å². The Labute approximate surface area is 158 Å². The summed E-state index contributed by atoms with van der Waals surface area (Å²) in [7, 11) is 0. The predicted molar refractivity (Wildman–Crippen MR) is 108 cm³/mol. The highest BCUT2D eigenvalue weighted by Crippen LogP contribution is 2.49. The molecule has 3 rings (SSSR count). The van der Waals surface area contributed by atoms with E-state index in [1.807, 2.05) is 13.0 Å². The number of hydrogen-bond donors (Lipinski definition) is 1. The van der Waals surface area contributed by atoms with Gasteiger partial charge in [0.2, 0.25) is 0 Å². The Morgan fingerprint density at radius 2 is 1.77 bits per heavy atom. The monoisotopic (exact) mass is 352 g/mol. The molecule has 2 aliphatic carbocycles.